The maximum Gasteiger partial charge on any atom is 0.416 e. The molecule has 0 spiro atoms. The molecule has 21 heavy (non-hydrogen) atoms. The lowest BCUT2D eigenvalue weighted by molar-refractivity contribution is -0.137. The molecule has 1 fully saturated rings. The molecule has 0 heterocycles. The van der Waals surface area contributed by atoms with Gasteiger partial charge in [0, 0.05) is 16.2 Å². The Labute approximate surface area is 124 Å². The highest BCUT2D eigenvalue weighted by molar-refractivity contribution is 8.00. The number of alkyl halides is 3. The molecule has 0 radical (unpaired) electrons. The SMILES string of the molecule is O=C(O)NC1CCC(Sc2ccc(C(F)(F)F)cc2)CC1. The number of thioether (sulfide) groups is 1. The zero-order chi connectivity index (χ0) is 15.5. The van der Waals surface area contributed by atoms with E-state index in [2.05, 4.69) is 5.32 Å². The van der Waals surface area contributed by atoms with Crippen molar-refractivity contribution in [2.45, 2.75) is 48.0 Å². The van der Waals surface area contributed by atoms with Crippen LogP contribution in [0, 0.1) is 0 Å². The van der Waals surface area contributed by atoms with Gasteiger partial charge in [0.15, 0.2) is 0 Å². The molecule has 2 rings (SSSR count). The second kappa shape index (κ2) is 6.60. The third kappa shape index (κ3) is 4.84. The van der Waals surface area contributed by atoms with Crippen LogP contribution in [0.1, 0.15) is 31.2 Å². The number of nitrogens with one attached hydrogen (secondary N) is 1. The standard InChI is InChI=1S/C14H16F3NO2S/c15-14(16,17)9-1-5-11(6-2-9)21-12-7-3-10(4-8-12)18-13(19)20/h1-2,5-6,10,12,18H,3-4,7-8H2,(H,19,20). The molecule has 1 amide bonds. The summed E-state index contributed by atoms with van der Waals surface area (Å²) in [5.41, 5.74) is -0.638. The molecule has 1 aliphatic carbocycles. The van der Waals surface area contributed by atoms with Gasteiger partial charge in [0.1, 0.15) is 0 Å². The van der Waals surface area contributed by atoms with Crippen LogP contribution < -0.4 is 5.32 Å². The summed E-state index contributed by atoms with van der Waals surface area (Å²) in [6.45, 7) is 0. The van der Waals surface area contributed by atoms with Gasteiger partial charge in [-0.1, -0.05) is 0 Å². The van der Waals surface area contributed by atoms with Crippen molar-refractivity contribution < 1.29 is 23.1 Å². The summed E-state index contributed by atoms with van der Waals surface area (Å²) in [5, 5.41) is 11.5. The Kier molecular flexibility index (Phi) is 5.03. The van der Waals surface area contributed by atoms with Gasteiger partial charge < -0.3 is 10.4 Å². The number of amides is 1. The molecule has 1 aromatic carbocycles. The first-order valence-corrected chi connectivity index (χ1v) is 7.56. The summed E-state index contributed by atoms with van der Waals surface area (Å²) in [4.78, 5) is 11.4. The van der Waals surface area contributed by atoms with Gasteiger partial charge in [0.05, 0.1) is 5.56 Å². The number of halogens is 3. The van der Waals surface area contributed by atoms with Crippen molar-refractivity contribution in [2.75, 3.05) is 0 Å². The van der Waals surface area contributed by atoms with Crippen molar-refractivity contribution in [3.05, 3.63) is 29.8 Å². The summed E-state index contributed by atoms with van der Waals surface area (Å²) in [7, 11) is 0. The fraction of sp³-hybridized carbons (Fsp3) is 0.500. The van der Waals surface area contributed by atoms with E-state index in [0.717, 1.165) is 42.7 Å². The topological polar surface area (TPSA) is 49.3 Å². The van der Waals surface area contributed by atoms with Gasteiger partial charge in [-0.05, 0) is 49.9 Å². The van der Waals surface area contributed by atoms with Crippen molar-refractivity contribution in [1.29, 1.82) is 0 Å². The van der Waals surface area contributed by atoms with E-state index >= 15 is 0 Å². The van der Waals surface area contributed by atoms with E-state index < -0.39 is 17.8 Å². The van der Waals surface area contributed by atoms with Crippen LogP contribution in [-0.2, 0) is 6.18 Å². The van der Waals surface area contributed by atoms with Gasteiger partial charge in [0.2, 0.25) is 0 Å². The van der Waals surface area contributed by atoms with Crippen LogP contribution in [0.3, 0.4) is 0 Å². The predicted octanol–water partition coefficient (Wildman–Crippen LogP) is 4.38. The van der Waals surface area contributed by atoms with Gasteiger partial charge >= 0.3 is 12.3 Å². The minimum Gasteiger partial charge on any atom is -0.465 e. The van der Waals surface area contributed by atoms with Gasteiger partial charge in [0.25, 0.3) is 0 Å². The Balaban J connectivity index is 1.85. The molecule has 3 nitrogen and oxygen atoms in total. The van der Waals surface area contributed by atoms with E-state index in [1.807, 2.05) is 0 Å². The molecule has 0 aliphatic heterocycles. The van der Waals surface area contributed by atoms with Crippen LogP contribution >= 0.6 is 11.8 Å². The lowest BCUT2D eigenvalue weighted by Crippen LogP contribution is -2.37. The Morgan fingerprint density at radius 2 is 1.71 bits per heavy atom. The summed E-state index contributed by atoms with van der Waals surface area (Å²) < 4.78 is 37.4. The molecule has 0 saturated heterocycles. The molecule has 7 heteroatoms. The fourth-order valence-corrected chi connectivity index (χ4v) is 3.60. The fourth-order valence-electron chi connectivity index (χ4n) is 2.41. The van der Waals surface area contributed by atoms with Crippen molar-refractivity contribution >= 4 is 17.9 Å². The van der Waals surface area contributed by atoms with Gasteiger partial charge in [-0.25, -0.2) is 4.79 Å². The average molecular weight is 319 g/mol. The van der Waals surface area contributed by atoms with Crippen LogP contribution in [-0.4, -0.2) is 22.5 Å². The van der Waals surface area contributed by atoms with Crippen LogP contribution in [0.2, 0.25) is 0 Å². The van der Waals surface area contributed by atoms with Gasteiger partial charge in [-0.2, -0.15) is 13.2 Å². The average Bonchev–Trinajstić information content (AvgIpc) is 2.40. The van der Waals surface area contributed by atoms with E-state index in [1.54, 1.807) is 11.8 Å². The molecule has 0 bridgehead atoms. The van der Waals surface area contributed by atoms with Crippen molar-refractivity contribution in [3.63, 3.8) is 0 Å². The first-order valence-electron chi connectivity index (χ1n) is 6.68. The van der Waals surface area contributed by atoms with Crippen LogP contribution in [0.25, 0.3) is 0 Å². The molecule has 1 saturated carbocycles. The molecule has 1 aliphatic rings. The Morgan fingerprint density at radius 1 is 1.14 bits per heavy atom. The van der Waals surface area contributed by atoms with Crippen molar-refractivity contribution in [1.82, 2.24) is 5.32 Å². The van der Waals surface area contributed by atoms with Crippen molar-refractivity contribution in [3.8, 4) is 0 Å². The smallest absolute Gasteiger partial charge is 0.416 e. The Hall–Kier alpha value is -1.37. The minimum absolute atomic E-state index is 0.00745. The highest BCUT2D eigenvalue weighted by Gasteiger charge is 2.30. The largest absolute Gasteiger partial charge is 0.465 e. The van der Waals surface area contributed by atoms with E-state index in [-0.39, 0.29) is 6.04 Å². The lowest BCUT2D eigenvalue weighted by atomic mass is 9.95. The number of benzene rings is 1. The predicted molar refractivity (Wildman–Crippen MR) is 74.5 cm³/mol. The Morgan fingerprint density at radius 3 is 2.19 bits per heavy atom. The first-order chi connectivity index (χ1) is 9.84. The summed E-state index contributed by atoms with van der Waals surface area (Å²) in [6, 6.07) is 5.18. The summed E-state index contributed by atoms with van der Waals surface area (Å²) in [5.74, 6) is 0. The third-order valence-electron chi connectivity index (χ3n) is 3.49. The molecule has 116 valence electrons. The number of carbonyl (C=O) groups is 1. The van der Waals surface area contributed by atoms with E-state index in [4.69, 9.17) is 5.11 Å². The van der Waals surface area contributed by atoms with E-state index in [1.165, 1.54) is 12.1 Å². The zero-order valence-corrected chi connectivity index (χ0v) is 12.0. The minimum atomic E-state index is -4.30. The molecular formula is C14H16F3NO2S. The number of rotatable bonds is 3. The maximum absolute atomic E-state index is 12.5. The van der Waals surface area contributed by atoms with Crippen LogP contribution in [0.15, 0.2) is 29.2 Å². The number of hydrogen-bond acceptors (Lipinski definition) is 2. The summed E-state index contributed by atoms with van der Waals surface area (Å²) >= 11 is 1.56. The highest BCUT2D eigenvalue weighted by Crippen LogP contribution is 2.35. The summed E-state index contributed by atoms with van der Waals surface area (Å²) in [6.07, 6.45) is -2.06. The first kappa shape index (κ1) is 16.0. The molecule has 1 aromatic rings. The zero-order valence-electron chi connectivity index (χ0n) is 11.2. The van der Waals surface area contributed by atoms with Gasteiger partial charge in [-0.15, -0.1) is 11.8 Å². The quantitative estimate of drug-likeness (QED) is 0.869. The Bertz CT molecular complexity index is 482. The number of carboxylic acid groups (broad SMARTS) is 1. The molecule has 0 aromatic heterocycles. The van der Waals surface area contributed by atoms with E-state index in [9.17, 15) is 18.0 Å². The monoisotopic (exact) mass is 319 g/mol. The second-order valence-corrected chi connectivity index (χ2v) is 6.44. The normalized spacial score (nSPS) is 22.8. The molecule has 2 N–H and O–H groups in total. The van der Waals surface area contributed by atoms with Crippen LogP contribution in [0.4, 0.5) is 18.0 Å². The molecule has 0 unspecified atom stereocenters. The van der Waals surface area contributed by atoms with Crippen molar-refractivity contribution in [2.24, 2.45) is 0 Å². The molecule has 0 atom stereocenters. The highest BCUT2D eigenvalue weighted by atomic mass is 32.2. The number of hydrogen-bond donors (Lipinski definition) is 2. The van der Waals surface area contributed by atoms with E-state index in [0.29, 0.717) is 5.25 Å². The van der Waals surface area contributed by atoms with Gasteiger partial charge in [-0.3, -0.25) is 0 Å². The second-order valence-electron chi connectivity index (χ2n) is 5.06. The van der Waals surface area contributed by atoms with Crippen LogP contribution in [0.5, 0.6) is 0 Å². The lowest BCUT2D eigenvalue weighted by Gasteiger charge is -2.27. The third-order valence-corrected chi connectivity index (χ3v) is 4.84. The maximum atomic E-state index is 12.5. The molecular weight excluding hydrogens is 303 g/mol.